The van der Waals surface area contributed by atoms with E-state index in [0.29, 0.717) is 48.0 Å². The highest BCUT2D eigenvalue weighted by molar-refractivity contribution is 5.90. The van der Waals surface area contributed by atoms with E-state index in [-0.39, 0.29) is 30.9 Å². The van der Waals surface area contributed by atoms with Crippen LogP contribution < -0.4 is 22.1 Å². The molecule has 3 atom stereocenters. The summed E-state index contributed by atoms with van der Waals surface area (Å²) in [6.45, 7) is 4.00. The minimum absolute atomic E-state index is 0.0353. The quantitative estimate of drug-likeness (QED) is 0.0769. The number of aryl methyl sites for hydroxylation is 3. The molecule has 0 spiro atoms. The van der Waals surface area contributed by atoms with Gasteiger partial charge in [-0.3, -0.25) is 9.59 Å². The number of aromatic nitrogens is 6. The lowest BCUT2D eigenvalue weighted by Gasteiger charge is -2.25. The summed E-state index contributed by atoms with van der Waals surface area (Å²) in [6.07, 6.45) is 5.06. The highest BCUT2D eigenvalue weighted by atomic mass is 16.6. The maximum absolute atomic E-state index is 14.3. The Kier molecular flexibility index (Phi) is 12.4. The summed E-state index contributed by atoms with van der Waals surface area (Å²) in [7, 11) is 0. The zero-order valence-electron chi connectivity index (χ0n) is 31.0. The van der Waals surface area contributed by atoms with Crippen molar-refractivity contribution >= 4 is 23.9 Å². The zero-order chi connectivity index (χ0) is 39.6. The highest BCUT2D eigenvalue weighted by Crippen LogP contribution is 2.24. The Bertz CT molecular complexity index is 2210. The lowest BCUT2D eigenvalue weighted by atomic mass is 9.95. The highest BCUT2D eigenvalue weighted by Gasteiger charge is 2.32. The molecule has 2 unspecified atom stereocenters. The van der Waals surface area contributed by atoms with Gasteiger partial charge in [0.25, 0.3) is 5.91 Å². The third kappa shape index (κ3) is 10.2. The second-order valence-corrected chi connectivity index (χ2v) is 13.5. The molecule has 0 aliphatic heterocycles. The second kappa shape index (κ2) is 17.9. The summed E-state index contributed by atoms with van der Waals surface area (Å²) in [5.74, 6) is -0.371. The van der Waals surface area contributed by atoms with Crippen molar-refractivity contribution in [2.75, 3.05) is 5.73 Å². The van der Waals surface area contributed by atoms with Crippen LogP contribution in [0.5, 0.6) is 5.75 Å². The third-order valence-electron chi connectivity index (χ3n) is 9.38. The number of nitrogens with zero attached hydrogens (tertiary/aromatic N) is 5. The Morgan fingerprint density at radius 3 is 2.36 bits per heavy atom. The molecule has 0 bridgehead atoms. The molecule has 0 aliphatic carbocycles. The first-order valence-electron chi connectivity index (χ1n) is 18.1. The van der Waals surface area contributed by atoms with Gasteiger partial charge < -0.3 is 46.0 Å². The van der Waals surface area contributed by atoms with Crippen LogP contribution >= 0.6 is 0 Å². The number of ether oxygens (including phenoxy) is 1. The van der Waals surface area contributed by atoms with Gasteiger partial charge >= 0.3 is 6.09 Å². The number of hydrogen-bond acceptors (Lipinski definition) is 11. The van der Waals surface area contributed by atoms with Crippen LogP contribution in [0.2, 0.25) is 0 Å². The van der Waals surface area contributed by atoms with E-state index in [1.807, 2.05) is 54.6 Å². The molecule has 8 N–H and O–H groups in total. The fourth-order valence-corrected chi connectivity index (χ4v) is 6.52. The Morgan fingerprint density at radius 2 is 1.70 bits per heavy atom. The summed E-state index contributed by atoms with van der Waals surface area (Å²) in [5, 5.41) is 20.2. The summed E-state index contributed by atoms with van der Waals surface area (Å²) in [5.41, 5.74) is 17.2. The number of carbonyl (C=O) groups excluding carboxylic acids is 3. The number of nitrogens with two attached hydrogens (primary N) is 2. The maximum atomic E-state index is 14.3. The maximum Gasteiger partial charge on any atom is 0.405 e. The number of benzene rings is 3. The van der Waals surface area contributed by atoms with E-state index < -0.39 is 36.1 Å². The van der Waals surface area contributed by atoms with Crippen LogP contribution in [0.1, 0.15) is 58.5 Å². The van der Waals surface area contributed by atoms with Gasteiger partial charge in [0.1, 0.15) is 17.8 Å². The molecule has 3 aromatic carbocycles. The predicted octanol–water partition coefficient (Wildman–Crippen LogP) is 4.22. The first-order chi connectivity index (χ1) is 27.0. The number of hydrogen-bond donors (Lipinski definition) is 6. The molecule has 6 rings (SSSR count). The number of phenolic OH excluding ortho intramolecular Hbond substituents is 1. The monoisotopic (exact) mass is 760 g/mol. The number of phenols is 1. The van der Waals surface area contributed by atoms with Gasteiger partial charge in [-0.25, -0.2) is 14.8 Å². The molecule has 56 heavy (non-hydrogen) atoms. The van der Waals surface area contributed by atoms with E-state index in [1.54, 1.807) is 49.1 Å². The van der Waals surface area contributed by atoms with Gasteiger partial charge in [0.2, 0.25) is 11.8 Å². The number of primary amides is 1. The van der Waals surface area contributed by atoms with E-state index in [2.05, 4.69) is 35.7 Å². The lowest BCUT2D eigenvalue weighted by Crippen LogP contribution is -2.52. The summed E-state index contributed by atoms with van der Waals surface area (Å²) >= 11 is 0. The van der Waals surface area contributed by atoms with Crippen molar-refractivity contribution in [1.29, 1.82) is 0 Å². The average molecular weight is 761 g/mol. The third-order valence-corrected chi connectivity index (χ3v) is 9.38. The van der Waals surface area contributed by atoms with Gasteiger partial charge in [-0.1, -0.05) is 59.8 Å². The van der Waals surface area contributed by atoms with Crippen LogP contribution in [0.3, 0.4) is 0 Å². The van der Waals surface area contributed by atoms with Crippen LogP contribution in [-0.2, 0) is 40.1 Å². The minimum Gasteiger partial charge on any atom is -0.508 e. The standard InChI is InChI=1S/C40H44N10O6/c1-24-17-30(51)18-25(2)31(24)21-32(46-37(53)34(55-40(42)54)9-6-15-50-16-14-44-39(50)41)36(52)47-33(20-29-22-43-23-45-29)38-48-35(49-56-38)19-26-10-12-28(13-11-26)27-7-4-3-5-8-27/h3-5,7-8,10-14,16-18,22-23,32-34,51H,6,9,15,19-21H2,1-2H3,(H2,41,44)(H2,42,54)(H,43,45)(H,46,53)(H,47,52)/t32?,33-,34?/m0/s1. The molecule has 0 aliphatic rings. The first kappa shape index (κ1) is 38.7. The number of aromatic amines is 1. The van der Waals surface area contributed by atoms with Gasteiger partial charge in [-0.15, -0.1) is 0 Å². The number of nitrogen functional groups attached to an aromatic ring is 1. The molecule has 16 heteroatoms. The Hall–Kier alpha value is -6.97. The van der Waals surface area contributed by atoms with E-state index >= 15 is 0 Å². The molecule has 16 nitrogen and oxygen atoms in total. The molecule has 0 radical (unpaired) electrons. The van der Waals surface area contributed by atoms with E-state index in [4.69, 9.17) is 20.7 Å². The van der Waals surface area contributed by atoms with Gasteiger partial charge in [0.15, 0.2) is 17.9 Å². The molecule has 3 heterocycles. The Labute approximate surface area is 322 Å². The summed E-state index contributed by atoms with van der Waals surface area (Å²) in [4.78, 5) is 55.9. The number of H-pyrrole nitrogens is 1. The number of amides is 3. The Morgan fingerprint density at radius 1 is 0.964 bits per heavy atom. The zero-order valence-corrected chi connectivity index (χ0v) is 31.0. The second-order valence-electron chi connectivity index (χ2n) is 13.5. The molecular weight excluding hydrogens is 717 g/mol. The molecule has 0 fully saturated rings. The summed E-state index contributed by atoms with van der Waals surface area (Å²) in [6, 6.07) is 19.3. The molecular formula is C40H44N10O6. The number of rotatable bonds is 17. The van der Waals surface area contributed by atoms with Crippen molar-refractivity contribution in [3.63, 3.8) is 0 Å². The average Bonchev–Trinajstić information content (AvgIpc) is 3.96. The molecule has 290 valence electrons. The van der Waals surface area contributed by atoms with Crippen molar-refractivity contribution in [3.05, 3.63) is 131 Å². The molecule has 3 amide bonds. The van der Waals surface area contributed by atoms with Gasteiger partial charge in [-0.2, -0.15) is 4.98 Å². The van der Waals surface area contributed by atoms with E-state index in [9.17, 15) is 19.5 Å². The van der Waals surface area contributed by atoms with Crippen molar-refractivity contribution in [2.45, 2.75) is 70.7 Å². The molecule has 0 saturated carbocycles. The van der Waals surface area contributed by atoms with Crippen molar-refractivity contribution in [2.24, 2.45) is 5.73 Å². The Balaban J connectivity index is 1.22. The van der Waals surface area contributed by atoms with Crippen LogP contribution in [0.15, 0.2) is 96.2 Å². The van der Waals surface area contributed by atoms with E-state index in [0.717, 1.165) is 22.3 Å². The molecule has 6 aromatic rings. The number of anilines is 1. The van der Waals surface area contributed by atoms with Crippen LogP contribution in [0.25, 0.3) is 11.1 Å². The van der Waals surface area contributed by atoms with Crippen molar-refractivity contribution in [1.82, 2.24) is 40.3 Å². The van der Waals surface area contributed by atoms with Gasteiger partial charge in [0, 0.05) is 44.4 Å². The number of imidazole rings is 2. The topological polar surface area (TPSA) is 242 Å². The SMILES string of the molecule is Cc1cc(O)cc(C)c1CC(NC(=O)C(CCCn1ccnc1N)OC(N)=O)C(=O)N[C@@H](Cc1c[nH]cn1)c1nc(Cc2ccc(-c3ccccc3)cc2)no1. The van der Waals surface area contributed by atoms with Crippen LogP contribution in [0, 0.1) is 13.8 Å². The lowest BCUT2D eigenvalue weighted by molar-refractivity contribution is -0.134. The minimum atomic E-state index is -1.31. The van der Waals surface area contributed by atoms with E-state index in [1.165, 1.54) is 6.33 Å². The number of aromatic hydroxyl groups is 1. The smallest absolute Gasteiger partial charge is 0.405 e. The predicted molar refractivity (Wildman–Crippen MR) is 206 cm³/mol. The fourth-order valence-electron chi connectivity index (χ4n) is 6.52. The normalized spacial score (nSPS) is 12.8. The fraction of sp³-hybridized carbons (Fsp3) is 0.275. The summed E-state index contributed by atoms with van der Waals surface area (Å²) < 4.78 is 12.6. The molecule has 0 saturated heterocycles. The van der Waals surface area contributed by atoms with Crippen molar-refractivity contribution in [3.8, 4) is 16.9 Å². The number of nitrogens with one attached hydrogen (secondary N) is 3. The van der Waals surface area contributed by atoms with Gasteiger partial charge in [0.05, 0.1) is 12.0 Å². The van der Waals surface area contributed by atoms with Gasteiger partial charge in [-0.05, 0) is 72.2 Å². The number of carbonyl (C=O) groups is 3. The molecule has 3 aromatic heterocycles. The van der Waals surface area contributed by atoms with Crippen molar-refractivity contribution < 1.29 is 28.8 Å². The van der Waals surface area contributed by atoms with Crippen LogP contribution in [0.4, 0.5) is 10.7 Å². The largest absolute Gasteiger partial charge is 0.508 e. The van der Waals surface area contributed by atoms with Crippen LogP contribution in [-0.4, -0.2) is 64.8 Å². The first-order valence-corrected chi connectivity index (χ1v) is 18.1.